The average Bonchev–Trinajstić information content (AvgIpc) is 2.68. The predicted molar refractivity (Wildman–Crippen MR) is 110 cm³/mol. The highest BCUT2D eigenvalue weighted by atomic mass is 16.5. The number of ether oxygens (including phenoxy) is 1. The number of carbonyl (C=O) groups excluding carboxylic acids is 1. The van der Waals surface area contributed by atoms with Crippen LogP contribution in [0.4, 0.5) is 0 Å². The molecule has 0 radical (unpaired) electrons. The molecule has 0 spiro atoms. The Morgan fingerprint density at radius 2 is 1.67 bits per heavy atom. The van der Waals surface area contributed by atoms with Crippen LogP contribution in [0.3, 0.4) is 0 Å². The lowest BCUT2D eigenvalue weighted by Crippen LogP contribution is -2.60. The van der Waals surface area contributed by atoms with Crippen molar-refractivity contribution in [2.24, 2.45) is 10.4 Å². The van der Waals surface area contributed by atoms with Crippen LogP contribution in [-0.2, 0) is 9.53 Å². The summed E-state index contributed by atoms with van der Waals surface area (Å²) in [5, 5.41) is 9.82. The van der Waals surface area contributed by atoms with E-state index in [0.717, 1.165) is 38.8 Å². The molecule has 1 aliphatic carbocycles. The summed E-state index contributed by atoms with van der Waals surface area (Å²) in [6.45, 7) is 11.6. The molecular formula is C20H39N5O2. The Bertz CT molecular complexity index is 489. The Balaban J connectivity index is 1.81. The number of amides is 1. The number of nitrogens with one attached hydrogen (secondary N) is 3. The van der Waals surface area contributed by atoms with Crippen LogP contribution in [0.2, 0.25) is 0 Å². The van der Waals surface area contributed by atoms with Crippen molar-refractivity contribution in [3.05, 3.63) is 0 Å². The molecule has 1 saturated carbocycles. The third-order valence-corrected chi connectivity index (χ3v) is 5.66. The van der Waals surface area contributed by atoms with E-state index in [0.29, 0.717) is 13.1 Å². The maximum atomic E-state index is 11.9. The molecule has 1 amide bonds. The van der Waals surface area contributed by atoms with Gasteiger partial charge in [0.25, 0.3) is 0 Å². The topological polar surface area (TPSA) is 78.0 Å². The molecule has 1 heterocycles. The maximum absolute atomic E-state index is 11.9. The van der Waals surface area contributed by atoms with Crippen molar-refractivity contribution in [2.75, 3.05) is 53.0 Å². The molecule has 3 N–H and O–H groups in total. The molecule has 156 valence electrons. The first-order chi connectivity index (χ1) is 12.9. The summed E-state index contributed by atoms with van der Waals surface area (Å²) >= 11 is 0. The van der Waals surface area contributed by atoms with Crippen molar-refractivity contribution >= 4 is 11.9 Å². The molecule has 7 heteroatoms. The minimum atomic E-state index is -0.356. The molecule has 7 nitrogen and oxygen atoms in total. The number of morpholine rings is 1. The van der Waals surface area contributed by atoms with Gasteiger partial charge in [0.2, 0.25) is 5.91 Å². The standard InChI is InChI=1S/C20H39N5O2/c1-19(2,3)17(26)22-10-11-23-18(21-4)24-16-20(8-6-5-7-9-20)25-12-14-27-15-13-25/h5-16H2,1-4H3,(H,22,26)(H2,21,23,24). The largest absolute Gasteiger partial charge is 0.379 e. The van der Waals surface area contributed by atoms with Crippen molar-refractivity contribution < 1.29 is 9.53 Å². The van der Waals surface area contributed by atoms with Crippen molar-refractivity contribution in [3.8, 4) is 0 Å². The summed E-state index contributed by atoms with van der Waals surface area (Å²) in [5.41, 5.74) is -0.147. The number of hydrogen-bond donors (Lipinski definition) is 3. The summed E-state index contributed by atoms with van der Waals surface area (Å²) in [4.78, 5) is 18.9. The van der Waals surface area contributed by atoms with E-state index in [1.165, 1.54) is 32.1 Å². The highest BCUT2D eigenvalue weighted by molar-refractivity contribution is 5.81. The van der Waals surface area contributed by atoms with Gasteiger partial charge in [0.15, 0.2) is 5.96 Å². The smallest absolute Gasteiger partial charge is 0.225 e. The molecule has 0 aromatic heterocycles. The number of guanidine groups is 1. The number of aliphatic imine (C=N–C) groups is 1. The molecule has 0 aromatic carbocycles. The molecule has 2 aliphatic rings. The molecule has 1 aliphatic heterocycles. The quantitative estimate of drug-likeness (QED) is 0.368. The second-order valence-electron chi connectivity index (χ2n) is 8.74. The maximum Gasteiger partial charge on any atom is 0.225 e. The van der Waals surface area contributed by atoms with E-state index in [9.17, 15) is 4.79 Å². The lowest BCUT2D eigenvalue weighted by molar-refractivity contribution is -0.128. The first-order valence-electron chi connectivity index (χ1n) is 10.4. The van der Waals surface area contributed by atoms with E-state index in [4.69, 9.17) is 4.74 Å². The Hall–Kier alpha value is -1.34. The van der Waals surface area contributed by atoms with E-state index in [2.05, 4.69) is 25.8 Å². The minimum absolute atomic E-state index is 0.0701. The predicted octanol–water partition coefficient (Wildman–Crippen LogP) is 1.35. The van der Waals surface area contributed by atoms with E-state index >= 15 is 0 Å². The highest BCUT2D eigenvalue weighted by Crippen LogP contribution is 2.33. The van der Waals surface area contributed by atoms with Gasteiger partial charge in [-0.15, -0.1) is 0 Å². The van der Waals surface area contributed by atoms with Gasteiger partial charge in [-0.3, -0.25) is 14.7 Å². The fraction of sp³-hybridized carbons (Fsp3) is 0.900. The van der Waals surface area contributed by atoms with Crippen molar-refractivity contribution in [3.63, 3.8) is 0 Å². The van der Waals surface area contributed by atoms with Gasteiger partial charge in [-0.25, -0.2) is 0 Å². The fourth-order valence-corrected chi connectivity index (χ4v) is 3.94. The summed E-state index contributed by atoms with van der Waals surface area (Å²) < 4.78 is 5.56. The lowest BCUT2D eigenvalue weighted by Gasteiger charge is -2.48. The van der Waals surface area contributed by atoms with Crippen LogP contribution in [0, 0.1) is 5.41 Å². The van der Waals surface area contributed by atoms with Gasteiger partial charge < -0.3 is 20.7 Å². The summed E-state index contributed by atoms with van der Waals surface area (Å²) in [5.74, 6) is 0.874. The third kappa shape index (κ3) is 6.64. The van der Waals surface area contributed by atoms with Gasteiger partial charge in [0, 0.05) is 50.7 Å². The summed E-state index contributed by atoms with van der Waals surface area (Å²) in [7, 11) is 1.80. The summed E-state index contributed by atoms with van der Waals surface area (Å²) in [6, 6.07) is 0. The zero-order valence-corrected chi connectivity index (χ0v) is 17.7. The molecule has 1 saturated heterocycles. The Labute approximate surface area is 164 Å². The molecule has 2 rings (SSSR count). The van der Waals surface area contributed by atoms with E-state index in [1.54, 1.807) is 7.05 Å². The van der Waals surface area contributed by atoms with Crippen LogP contribution in [-0.4, -0.2) is 75.3 Å². The van der Waals surface area contributed by atoms with Crippen LogP contribution in [0.1, 0.15) is 52.9 Å². The molecule has 0 unspecified atom stereocenters. The zero-order valence-electron chi connectivity index (χ0n) is 17.7. The molecule has 0 aromatic rings. The molecule has 27 heavy (non-hydrogen) atoms. The Morgan fingerprint density at radius 1 is 1.04 bits per heavy atom. The lowest BCUT2D eigenvalue weighted by atomic mass is 9.80. The third-order valence-electron chi connectivity index (χ3n) is 5.66. The molecule has 0 bridgehead atoms. The van der Waals surface area contributed by atoms with Gasteiger partial charge in [0.05, 0.1) is 13.2 Å². The van der Waals surface area contributed by atoms with Gasteiger partial charge in [-0.05, 0) is 12.8 Å². The number of hydrogen-bond acceptors (Lipinski definition) is 4. The number of nitrogens with zero attached hydrogens (tertiary/aromatic N) is 2. The van der Waals surface area contributed by atoms with Crippen LogP contribution in [0.15, 0.2) is 4.99 Å². The summed E-state index contributed by atoms with van der Waals surface area (Å²) in [6.07, 6.45) is 6.40. The molecular weight excluding hydrogens is 342 g/mol. The van der Waals surface area contributed by atoms with Gasteiger partial charge in [-0.1, -0.05) is 40.0 Å². The fourth-order valence-electron chi connectivity index (χ4n) is 3.94. The van der Waals surface area contributed by atoms with Crippen molar-refractivity contribution in [1.29, 1.82) is 0 Å². The van der Waals surface area contributed by atoms with Crippen LogP contribution in [0.25, 0.3) is 0 Å². The molecule has 0 atom stereocenters. The van der Waals surface area contributed by atoms with Crippen molar-refractivity contribution in [2.45, 2.75) is 58.4 Å². The van der Waals surface area contributed by atoms with Crippen LogP contribution < -0.4 is 16.0 Å². The van der Waals surface area contributed by atoms with Gasteiger partial charge in [-0.2, -0.15) is 0 Å². The van der Waals surface area contributed by atoms with E-state index in [1.807, 2.05) is 20.8 Å². The first-order valence-corrected chi connectivity index (χ1v) is 10.4. The van der Waals surface area contributed by atoms with Gasteiger partial charge in [0.1, 0.15) is 0 Å². The minimum Gasteiger partial charge on any atom is -0.379 e. The molecule has 2 fully saturated rings. The second-order valence-corrected chi connectivity index (χ2v) is 8.74. The first kappa shape index (κ1) is 22.0. The Morgan fingerprint density at radius 3 is 2.26 bits per heavy atom. The monoisotopic (exact) mass is 381 g/mol. The van der Waals surface area contributed by atoms with Crippen LogP contribution >= 0.6 is 0 Å². The van der Waals surface area contributed by atoms with Crippen molar-refractivity contribution in [1.82, 2.24) is 20.9 Å². The Kier molecular flexibility index (Phi) is 8.35. The SMILES string of the molecule is CN=C(NCCNC(=O)C(C)(C)C)NCC1(N2CCOCC2)CCCCC1. The van der Waals surface area contributed by atoms with E-state index in [-0.39, 0.29) is 16.9 Å². The van der Waals surface area contributed by atoms with Crippen LogP contribution in [0.5, 0.6) is 0 Å². The van der Waals surface area contributed by atoms with E-state index < -0.39 is 0 Å². The highest BCUT2D eigenvalue weighted by Gasteiger charge is 2.38. The zero-order chi connectivity index (χ0) is 19.8. The normalized spacial score (nSPS) is 21.6. The second kappa shape index (κ2) is 10.3. The number of rotatable bonds is 6. The average molecular weight is 382 g/mol. The number of carbonyl (C=O) groups is 1. The van der Waals surface area contributed by atoms with Gasteiger partial charge >= 0.3 is 0 Å².